The molecule has 1 atom stereocenters. The Morgan fingerprint density at radius 2 is 1.83 bits per heavy atom. The minimum atomic E-state index is -0.758. The second-order valence-corrected chi connectivity index (χ2v) is 4.62. The Morgan fingerprint density at radius 3 is 2.33 bits per heavy atom. The molecule has 4 nitrogen and oxygen atoms in total. The molecule has 0 amide bonds. The van der Waals surface area contributed by atoms with Crippen LogP contribution in [0, 0.1) is 0 Å². The van der Waals surface area contributed by atoms with E-state index in [-0.39, 0.29) is 0 Å². The second kappa shape index (κ2) is 5.98. The molecule has 1 saturated heterocycles. The minimum absolute atomic E-state index is 0.509. The van der Waals surface area contributed by atoms with Crippen LogP contribution in [-0.4, -0.2) is 53.6 Å². The largest absolute Gasteiger partial charge is 0.480 e. The van der Waals surface area contributed by atoms with Crippen LogP contribution in [0.15, 0.2) is 30.3 Å². The first-order valence-corrected chi connectivity index (χ1v) is 6.46. The van der Waals surface area contributed by atoms with Crippen molar-refractivity contribution in [2.24, 2.45) is 0 Å². The zero-order chi connectivity index (χ0) is 13.0. The summed E-state index contributed by atoms with van der Waals surface area (Å²) in [4.78, 5) is 15.9. The van der Waals surface area contributed by atoms with Crippen LogP contribution in [0.2, 0.25) is 0 Å². The van der Waals surface area contributed by atoms with Gasteiger partial charge < -0.3 is 10.0 Å². The normalized spacial score (nSPS) is 19.6. The summed E-state index contributed by atoms with van der Waals surface area (Å²) in [7, 11) is 0. The van der Waals surface area contributed by atoms with Gasteiger partial charge >= 0.3 is 5.97 Å². The van der Waals surface area contributed by atoms with E-state index in [0.717, 1.165) is 38.3 Å². The van der Waals surface area contributed by atoms with Crippen molar-refractivity contribution in [3.8, 4) is 0 Å². The van der Waals surface area contributed by atoms with E-state index in [1.807, 2.05) is 30.3 Å². The third kappa shape index (κ3) is 2.89. The van der Waals surface area contributed by atoms with Gasteiger partial charge in [0.05, 0.1) is 0 Å². The summed E-state index contributed by atoms with van der Waals surface area (Å²) in [5.41, 5.74) is 0.870. The molecule has 0 aromatic heterocycles. The Labute approximate surface area is 108 Å². The van der Waals surface area contributed by atoms with Crippen molar-refractivity contribution in [3.63, 3.8) is 0 Å². The molecule has 98 valence electrons. The van der Waals surface area contributed by atoms with Crippen LogP contribution in [0.3, 0.4) is 0 Å². The van der Waals surface area contributed by atoms with Crippen LogP contribution in [0.25, 0.3) is 0 Å². The van der Waals surface area contributed by atoms with Crippen molar-refractivity contribution < 1.29 is 9.90 Å². The molecule has 1 unspecified atom stereocenters. The number of likely N-dealkylation sites (N-methyl/N-ethyl adjacent to an activating group) is 1. The van der Waals surface area contributed by atoms with Crippen LogP contribution in [-0.2, 0) is 4.79 Å². The van der Waals surface area contributed by atoms with Gasteiger partial charge in [0, 0.05) is 26.2 Å². The highest BCUT2D eigenvalue weighted by Gasteiger charge is 2.29. The van der Waals surface area contributed by atoms with E-state index in [4.69, 9.17) is 0 Å². The first-order chi connectivity index (χ1) is 8.72. The lowest BCUT2D eigenvalue weighted by Crippen LogP contribution is -2.49. The molecule has 1 aliphatic rings. The Balaban J connectivity index is 2.10. The highest BCUT2D eigenvalue weighted by Crippen LogP contribution is 2.22. The Kier molecular flexibility index (Phi) is 4.33. The number of aliphatic carboxylic acids is 1. The average Bonchev–Trinajstić information content (AvgIpc) is 2.40. The first-order valence-electron chi connectivity index (χ1n) is 6.46. The quantitative estimate of drug-likeness (QED) is 0.876. The zero-order valence-electron chi connectivity index (χ0n) is 10.7. The molecule has 18 heavy (non-hydrogen) atoms. The molecule has 0 radical (unpaired) electrons. The lowest BCUT2D eigenvalue weighted by molar-refractivity contribution is -0.144. The fourth-order valence-electron chi connectivity index (χ4n) is 2.48. The molecule has 1 aliphatic heterocycles. The molecule has 0 bridgehead atoms. The summed E-state index contributed by atoms with van der Waals surface area (Å²) in [5.74, 6) is -0.758. The Morgan fingerprint density at radius 1 is 1.22 bits per heavy atom. The van der Waals surface area contributed by atoms with Gasteiger partial charge in [-0.1, -0.05) is 37.3 Å². The van der Waals surface area contributed by atoms with E-state index in [9.17, 15) is 9.90 Å². The SMILES string of the molecule is CCN1CCN(C(C(=O)O)c2ccccc2)CC1. The molecular formula is C14H20N2O2. The number of hydrogen-bond donors (Lipinski definition) is 1. The van der Waals surface area contributed by atoms with Crippen LogP contribution in [0.1, 0.15) is 18.5 Å². The van der Waals surface area contributed by atoms with Gasteiger partial charge in [0.15, 0.2) is 0 Å². The molecule has 1 aromatic rings. The van der Waals surface area contributed by atoms with Gasteiger partial charge in [-0.25, -0.2) is 0 Å². The van der Waals surface area contributed by atoms with Crippen LogP contribution in [0.5, 0.6) is 0 Å². The first kappa shape index (κ1) is 13.1. The van der Waals surface area contributed by atoms with E-state index in [2.05, 4.69) is 16.7 Å². The van der Waals surface area contributed by atoms with E-state index in [1.165, 1.54) is 0 Å². The molecule has 1 N–H and O–H groups in total. The van der Waals surface area contributed by atoms with Gasteiger partial charge in [0.1, 0.15) is 6.04 Å². The lowest BCUT2D eigenvalue weighted by atomic mass is 10.0. The number of carboxylic acid groups (broad SMARTS) is 1. The predicted molar refractivity (Wildman–Crippen MR) is 70.5 cm³/mol. The summed E-state index contributed by atoms with van der Waals surface area (Å²) < 4.78 is 0. The zero-order valence-corrected chi connectivity index (χ0v) is 10.7. The summed E-state index contributed by atoms with van der Waals surface area (Å²) >= 11 is 0. The Bertz CT molecular complexity index is 386. The van der Waals surface area contributed by atoms with Gasteiger partial charge in [0.2, 0.25) is 0 Å². The topological polar surface area (TPSA) is 43.8 Å². The second-order valence-electron chi connectivity index (χ2n) is 4.62. The van der Waals surface area contributed by atoms with E-state index in [0.29, 0.717) is 0 Å². The smallest absolute Gasteiger partial charge is 0.325 e. The Hall–Kier alpha value is -1.39. The van der Waals surface area contributed by atoms with Gasteiger partial charge in [-0.3, -0.25) is 9.69 Å². The number of nitrogens with zero attached hydrogens (tertiary/aromatic N) is 2. The van der Waals surface area contributed by atoms with Crippen molar-refractivity contribution in [3.05, 3.63) is 35.9 Å². The fourth-order valence-corrected chi connectivity index (χ4v) is 2.48. The van der Waals surface area contributed by atoms with E-state index in [1.54, 1.807) is 0 Å². The van der Waals surface area contributed by atoms with Gasteiger partial charge in [-0.15, -0.1) is 0 Å². The van der Waals surface area contributed by atoms with E-state index >= 15 is 0 Å². The van der Waals surface area contributed by atoms with Crippen molar-refractivity contribution in [2.75, 3.05) is 32.7 Å². The predicted octanol–water partition coefficient (Wildman–Crippen LogP) is 1.45. The standard InChI is InChI=1S/C14H20N2O2/c1-2-15-8-10-16(11-9-15)13(14(17)18)12-6-4-3-5-7-12/h3-7,13H,2,8-11H2,1H3,(H,17,18). The average molecular weight is 248 g/mol. The number of hydrogen-bond acceptors (Lipinski definition) is 3. The molecule has 0 aliphatic carbocycles. The van der Waals surface area contributed by atoms with Crippen molar-refractivity contribution in [1.29, 1.82) is 0 Å². The van der Waals surface area contributed by atoms with Crippen LogP contribution >= 0.6 is 0 Å². The molecule has 0 spiro atoms. The van der Waals surface area contributed by atoms with Crippen molar-refractivity contribution in [1.82, 2.24) is 9.80 Å². The van der Waals surface area contributed by atoms with Gasteiger partial charge in [-0.2, -0.15) is 0 Å². The maximum absolute atomic E-state index is 11.5. The number of carboxylic acids is 1. The van der Waals surface area contributed by atoms with E-state index < -0.39 is 12.0 Å². The molecule has 2 rings (SSSR count). The number of benzene rings is 1. The summed E-state index contributed by atoms with van der Waals surface area (Å²) in [6.45, 7) is 6.72. The van der Waals surface area contributed by atoms with Gasteiger partial charge in [0.25, 0.3) is 0 Å². The van der Waals surface area contributed by atoms with Crippen molar-refractivity contribution in [2.45, 2.75) is 13.0 Å². The molecule has 1 fully saturated rings. The van der Waals surface area contributed by atoms with Crippen molar-refractivity contribution >= 4 is 5.97 Å². The highest BCUT2D eigenvalue weighted by atomic mass is 16.4. The summed E-state index contributed by atoms with van der Waals surface area (Å²) in [5, 5.41) is 9.45. The molecule has 1 heterocycles. The third-order valence-corrected chi connectivity index (χ3v) is 3.57. The maximum atomic E-state index is 11.5. The molecular weight excluding hydrogens is 228 g/mol. The van der Waals surface area contributed by atoms with Crippen LogP contribution < -0.4 is 0 Å². The van der Waals surface area contributed by atoms with Crippen LogP contribution in [0.4, 0.5) is 0 Å². The third-order valence-electron chi connectivity index (χ3n) is 3.57. The summed E-state index contributed by atoms with van der Waals surface area (Å²) in [6, 6.07) is 8.99. The number of rotatable bonds is 4. The number of carbonyl (C=O) groups is 1. The lowest BCUT2D eigenvalue weighted by Gasteiger charge is -2.37. The fraction of sp³-hybridized carbons (Fsp3) is 0.500. The summed E-state index contributed by atoms with van der Waals surface area (Å²) in [6.07, 6.45) is 0. The number of piperazine rings is 1. The minimum Gasteiger partial charge on any atom is -0.480 e. The highest BCUT2D eigenvalue weighted by molar-refractivity contribution is 5.75. The maximum Gasteiger partial charge on any atom is 0.325 e. The monoisotopic (exact) mass is 248 g/mol. The molecule has 4 heteroatoms. The molecule has 0 saturated carbocycles. The van der Waals surface area contributed by atoms with Gasteiger partial charge in [-0.05, 0) is 12.1 Å². The molecule has 1 aromatic carbocycles.